The van der Waals surface area contributed by atoms with Gasteiger partial charge in [-0.25, -0.2) is 0 Å². The third kappa shape index (κ3) is 2.80. The molecule has 6 nitrogen and oxygen atoms in total. The van der Waals surface area contributed by atoms with Crippen molar-refractivity contribution in [1.29, 1.82) is 0 Å². The van der Waals surface area contributed by atoms with Crippen LogP contribution in [0.5, 0.6) is 0 Å². The van der Waals surface area contributed by atoms with Crippen molar-refractivity contribution in [2.75, 3.05) is 0 Å². The summed E-state index contributed by atoms with van der Waals surface area (Å²) in [7, 11) is 0. The summed E-state index contributed by atoms with van der Waals surface area (Å²) < 4.78 is 0. The molecule has 0 bridgehead atoms. The van der Waals surface area contributed by atoms with E-state index in [-0.39, 0.29) is 6.04 Å². The Hall–Kier alpha value is -2.73. The molecule has 1 aromatic heterocycles. The van der Waals surface area contributed by atoms with Gasteiger partial charge in [0, 0.05) is 17.0 Å². The Morgan fingerprint density at radius 1 is 0.957 bits per heavy atom. The van der Waals surface area contributed by atoms with Crippen LogP contribution in [-0.2, 0) is 0 Å². The number of nitrogens with zero attached hydrogens (tertiary/aromatic N) is 4. The van der Waals surface area contributed by atoms with Crippen LogP contribution in [-0.4, -0.2) is 26.3 Å². The van der Waals surface area contributed by atoms with Crippen LogP contribution >= 0.6 is 11.6 Å². The summed E-state index contributed by atoms with van der Waals surface area (Å²) in [5, 5.41) is 19.2. The highest BCUT2D eigenvalue weighted by Gasteiger charge is 2.21. The number of tetrazole rings is 1. The van der Waals surface area contributed by atoms with Gasteiger partial charge in [-0.05, 0) is 28.5 Å². The molecule has 1 atom stereocenters. The van der Waals surface area contributed by atoms with Gasteiger partial charge in [-0.2, -0.15) is 10.3 Å². The molecule has 2 aromatic carbocycles. The number of nitrogens with one attached hydrogen (secondary N) is 2. The molecule has 3 aromatic rings. The monoisotopic (exact) mass is 324 g/mol. The molecule has 2 heterocycles. The maximum absolute atomic E-state index is 5.93. The molecular formula is C16H13ClN6. The molecule has 114 valence electrons. The third-order valence-corrected chi connectivity index (χ3v) is 4.10. The van der Waals surface area contributed by atoms with Gasteiger partial charge >= 0.3 is 0 Å². The molecule has 0 amide bonds. The van der Waals surface area contributed by atoms with E-state index in [1.165, 1.54) is 5.56 Å². The fourth-order valence-corrected chi connectivity index (χ4v) is 2.73. The fourth-order valence-electron chi connectivity index (χ4n) is 2.61. The molecule has 0 radical (unpaired) electrons. The standard InChI is InChI=1S/C16H13ClN6/c17-13-7-5-11(6-8-13)15-9-14(18-19-15)10-1-3-12(4-2-10)16-20-22-23-21-16/h1-8,14,18H,9H2,(H,20,21,22,23). The Morgan fingerprint density at radius 3 is 2.39 bits per heavy atom. The average molecular weight is 325 g/mol. The van der Waals surface area contributed by atoms with E-state index in [2.05, 4.69) is 43.3 Å². The second kappa shape index (κ2) is 5.81. The SMILES string of the molecule is Clc1ccc(C2=NNC(c3ccc(-c4nn[nH]n4)cc3)C2)cc1. The molecule has 7 heteroatoms. The number of aromatic amines is 1. The van der Waals surface area contributed by atoms with Crippen LogP contribution < -0.4 is 5.43 Å². The molecule has 0 saturated carbocycles. The zero-order valence-corrected chi connectivity index (χ0v) is 12.8. The summed E-state index contributed by atoms with van der Waals surface area (Å²) in [6, 6.07) is 16.0. The molecule has 0 fully saturated rings. The highest BCUT2D eigenvalue weighted by Crippen LogP contribution is 2.26. The van der Waals surface area contributed by atoms with E-state index in [0.29, 0.717) is 5.82 Å². The smallest absolute Gasteiger partial charge is 0.204 e. The van der Waals surface area contributed by atoms with Crippen LogP contribution in [0.3, 0.4) is 0 Å². The Morgan fingerprint density at radius 2 is 1.70 bits per heavy atom. The number of benzene rings is 2. The van der Waals surface area contributed by atoms with Crippen molar-refractivity contribution in [2.24, 2.45) is 5.10 Å². The lowest BCUT2D eigenvalue weighted by molar-refractivity contribution is 0.620. The van der Waals surface area contributed by atoms with Crippen LogP contribution in [0.25, 0.3) is 11.4 Å². The van der Waals surface area contributed by atoms with E-state index in [4.69, 9.17) is 11.6 Å². The van der Waals surface area contributed by atoms with Crippen LogP contribution in [0.1, 0.15) is 23.6 Å². The van der Waals surface area contributed by atoms with Gasteiger partial charge in [0.15, 0.2) is 0 Å². The maximum atomic E-state index is 5.93. The molecule has 4 rings (SSSR count). The molecule has 1 aliphatic rings. The van der Waals surface area contributed by atoms with Gasteiger partial charge in [-0.1, -0.05) is 48.0 Å². The van der Waals surface area contributed by atoms with Gasteiger partial charge in [0.1, 0.15) is 0 Å². The Kier molecular flexibility index (Phi) is 3.51. The second-order valence-corrected chi connectivity index (χ2v) is 5.75. The van der Waals surface area contributed by atoms with Crippen LogP contribution in [0.2, 0.25) is 5.02 Å². The van der Waals surface area contributed by atoms with Gasteiger partial charge in [-0.3, -0.25) is 0 Å². The van der Waals surface area contributed by atoms with Crippen LogP contribution in [0.4, 0.5) is 0 Å². The first-order valence-electron chi connectivity index (χ1n) is 7.21. The Bertz CT molecular complexity index is 824. The Labute approximate surface area is 137 Å². The summed E-state index contributed by atoms with van der Waals surface area (Å²) in [5.41, 5.74) is 7.42. The Balaban J connectivity index is 1.49. The molecule has 2 N–H and O–H groups in total. The minimum atomic E-state index is 0.167. The highest BCUT2D eigenvalue weighted by molar-refractivity contribution is 6.30. The van der Waals surface area contributed by atoms with E-state index in [9.17, 15) is 0 Å². The highest BCUT2D eigenvalue weighted by atomic mass is 35.5. The minimum Gasteiger partial charge on any atom is -0.302 e. The molecule has 0 spiro atoms. The number of H-pyrrole nitrogens is 1. The first-order chi connectivity index (χ1) is 11.3. The summed E-state index contributed by atoms with van der Waals surface area (Å²) in [6.07, 6.45) is 0.836. The first-order valence-corrected chi connectivity index (χ1v) is 7.59. The largest absolute Gasteiger partial charge is 0.302 e. The summed E-state index contributed by atoms with van der Waals surface area (Å²) in [5.74, 6) is 0.592. The van der Waals surface area contributed by atoms with Crippen molar-refractivity contribution in [3.63, 3.8) is 0 Å². The van der Waals surface area contributed by atoms with Crippen LogP contribution in [0, 0.1) is 0 Å². The summed E-state index contributed by atoms with van der Waals surface area (Å²) in [6.45, 7) is 0. The zero-order valence-electron chi connectivity index (χ0n) is 12.1. The number of rotatable bonds is 3. The van der Waals surface area contributed by atoms with Crippen molar-refractivity contribution in [2.45, 2.75) is 12.5 Å². The number of aromatic nitrogens is 4. The van der Waals surface area contributed by atoms with E-state index in [1.54, 1.807) is 0 Å². The van der Waals surface area contributed by atoms with E-state index >= 15 is 0 Å². The van der Waals surface area contributed by atoms with E-state index in [0.717, 1.165) is 28.3 Å². The van der Waals surface area contributed by atoms with Crippen molar-refractivity contribution >= 4 is 17.3 Å². The summed E-state index contributed by atoms with van der Waals surface area (Å²) in [4.78, 5) is 0. The molecule has 0 saturated heterocycles. The number of hydrogen-bond acceptors (Lipinski definition) is 5. The second-order valence-electron chi connectivity index (χ2n) is 5.31. The van der Waals surface area contributed by atoms with Gasteiger partial charge in [-0.15, -0.1) is 10.2 Å². The predicted octanol–water partition coefficient (Wildman–Crippen LogP) is 2.96. The zero-order chi connectivity index (χ0) is 15.6. The number of halogens is 1. The van der Waals surface area contributed by atoms with Gasteiger partial charge in [0.2, 0.25) is 5.82 Å². The third-order valence-electron chi connectivity index (χ3n) is 3.85. The number of hydrazone groups is 1. The normalized spacial score (nSPS) is 16.9. The van der Waals surface area contributed by atoms with Crippen molar-refractivity contribution < 1.29 is 0 Å². The lowest BCUT2D eigenvalue weighted by atomic mass is 9.98. The maximum Gasteiger partial charge on any atom is 0.204 e. The number of hydrogen-bond donors (Lipinski definition) is 2. The first kappa shape index (κ1) is 13.9. The van der Waals surface area contributed by atoms with E-state index < -0.39 is 0 Å². The van der Waals surface area contributed by atoms with Crippen LogP contribution in [0.15, 0.2) is 53.6 Å². The summed E-state index contributed by atoms with van der Waals surface area (Å²) >= 11 is 5.93. The van der Waals surface area contributed by atoms with E-state index in [1.807, 2.05) is 36.4 Å². The van der Waals surface area contributed by atoms with Gasteiger partial charge < -0.3 is 5.43 Å². The van der Waals surface area contributed by atoms with Gasteiger partial charge in [0.05, 0.1) is 11.8 Å². The van der Waals surface area contributed by atoms with Crippen molar-refractivity contribution in [3.05, 3.63) is 64.7 Å². The van der Waals surface area contributed by atoms with Gasteiger partial charge in [0.25, 0.3) is 0 Å². The molecule has 1 aliphatic heterocycles. The predicted molar refractivity (Wildman–Crippen MR) is 88.1 cm³/mol. The lowest BCUT2D eigenvalue weighted by Gasteiger charge is -2.10. The molecular weight excluding hydrogens is 312 g/mol. The topological polar surface area (TPSA) is 78.9 Å². The molecule has 23 heavy (non-hydrogen) atoms. The van der Waals surface area contributed by atoms with Crippen molar-refractivity contribution in [3.8, 4) is 11.4 Å². The van der Waals surface area contributed by atoms with Crippen molar-refractivity contribution in [1.82, 2.24) is 26.0 Å². The fraction of sp³-hybridized carbons (Fsp3) is 0.125. The lowest BCUT2D eigenvalue weighted by Crippen LogP contribution is -2.09. The minimum absolute atomic E-state index is 0.167. The quantitative estimate of drug-likeness (QED) is 0.776. The average Bonchev–Trinajstić information content (AvgIpc) is 3.28. The molecule has 1 unspecified atom stereocenters. The molecule has 0 aliphatic carbocycles.